The first kappa shape index (κ1) is 24.2. The lowest BCUT2D eigenvalue weighted by Gasteiger charge is -2.43. The molecule has 182 valence electrons. The van der Waals surface area contributed by atoms with Gasteiger partial charge >= 0.3 is 0 Å². The third-order valence-corrected chi connectivity index (χ3v) is 6.66. The lowest BCUT2D eigenvalue weighted by Crippen LogP contribution is -2.57. The van der Waals surface area contributed by atoms with Crippen LogP contribution in [0.5, 0.6) is 5.75 Å². The molecule has 2 aromatic rings. The van der Waals surface area contributed by atoms with Crippen molar-refractivity contribution in [2.24, 2.45) is 5.73 Å². The van der Waals surface area contributed by atoms with Crippen molar-refractivity contribution in [3.63, 3.8) is 0 Å². The van der Waals surface area contributed by atoms with Gasteiger partial charge in [0.25, 0.3) is 5.91 Å². The molecule has 4 rings (SSSR count). The van der Waals surface area contributed by atoms with Crippen molar-refractivity contribution in [2.75, 3.05) is 26.7 Å². The summed E-state index contributed by atoms with van der Waals surface area (Å²) in [5, 5.41) is 2.88. The van der Waals surface area contributed by atoms with Crippen molar-refractivity contribution in [1.29, 1.82) is 0 Å². The van der Waals surface area contributed by atoms with Crippen LogP contribution in [-0.2, 0) is 11.3 Å². The van der Waals surface area contributed by atoms with Gasteiger partial charge in [-0.15, -0.1) is 0 Å². The molecule has 2 aromatic carbocycles. The molecule has 2 amide bonds. The van der Waals surface area contributed by atoms with E-state index in [4.69, 9.17) is 10.5 Å². The Morgan fingerprint density at radius 1 is 1.15 bits per heavy atom. The second-order valence-corrected chi connectivity index (χ2v) is 9.03. The fraction of sp³-hybridized carbons (Fsp3) is 0.462. The lowest BCUT2D eigenvalue weighted by atomic mass is 9.93. The van der Waals surface area contributed by atoms with Gasteiger partial charge in [-0.1, -0.05) is 18.2 Å². The Balaban J connectivity index is 1.54. The smallest absolute Gasteiger partial charge is 0.254 e. The van der Waals surface area contributed by atoms with Crippen LogP contribution in [0.4, 0.5) is 4.39 Å². The monoisotopic (exact) mass is 468 g/mol. The van der Waals surface area contributed by atoms with Crippen LogP contribution in [0.25, 0.3) is 0 Å². The largest absolute Gasteiger partial charge is 0.497 e. The predicted molar refractivity (Wildman–Crippen MR) is 128 cm³/mol. The minimum Gasteiger partial charge on any atom is -0.497 e. The Morgan fingerprint density at radius 2 is 1.91 bits per heavy atom. The summed E-state index contributed by atoms with van der Waals surface area (Å²) in [6.07, 6.45) is 3.56. The highest BCUT2D eigenvalue weighted by Gasteiger charge is 2.42. The number of carbonyl (C=O) groups is 2. The molecule has 2 atom stereocenters. The summed E-state index contributed by atoms with van der Waals surface area (Å²) in [6.45, 7) is 1.89. The number of hydrogen-bond acceptors (Lipinski definition) is 5. The maximum Gasteiger partial charge on any atom is 0.254 e. The molecule has 7 nitrogen and oxygen atoms in total. The van der Waals surface area contributed by atoms with E-state index in [0.29, 0.717) is 50.0 Å². The summed E-state index contributed by atoms with van der Waals surface area (Å²) in [7, 11) is 1.56. The number of carbonyl (C=O) groups excluding carboxylic acids is 2. The molecule has 1 saturated heterocycles. The van der Waals surface area contributed by atoms with Gasteiger partial charge in [0.15, 0.2) is 0 Å². The van der Waals surface area contributed by atoms with Gasteiger partial charge in [0.1, 0.15) is 17.6 Å². The van der Waals surface area contributed by atoms with Gasteiger partial charge in [-0.05, 0) is 61.6 Å². The maximum absolute atomic E-state index is 13.4. The molecule has 2 fully saturated rings. The van der Waals surface area contributed by atoms with Crippen molar-refractivity contribution >= 4 is 11.8 Å². The molecule has 1 aliphatic heterocycles. The molecule has 1 heterocycles. The zero-order chi connectivity index (χ0) is 24.1. The van der Waals surface area contributed by atoms with Crippen LogP contribution in [0, 0.1) is 5.82 Å². The van der Waals surface area contributed by atoms with Crippen LogP contribution in [0.1, 0.15) is 41.6 Å². The van der Waals surface area contributed by atoms with Crippen LogP contribution in [-0.4, -0.2) is 66.5 Å². The second-order valence-electron chi connectivity index (χ2n) is 9.03. The van der Waals surface area contributed by atoms with E-state index >= 15 is 0 Å². The van der Waals surface area contributed by atoms with Crippen LogP contribution >= 0.6 is 0 Å². The predicted octanol–water partition coefficient (Wildman–Crippen LogP) is 2.55. The number of piperidine rings is 1. The van der Waals surface area contributed by atoms with Crippen LogP contribution in [0.3, 0.4) is 0 Å². The van der Waals surface area contributed by atoms with Crippen molar-refractivity contribution < 1.29 is 18.7 Å². The number of rotatable bonds is 9. The number of likely N-dealkylation sites (tertiary alicyclic amines) is 1. The first-order chi connectivity index (χ1) is 16.5. The Bertz CT molecular complexity index is 996. The van der Waals surface area contributed by atoms with Crippen molar-refractivity contribution in [1.82, 2.24) is 15.1 Å². The molecule has 0 spiro atoms. The third-order valence-electron chi connectivity index (χ3n) is 6.66. The summed E-state index contributed by atoms with van der Waals surface area (Å²) in [6, 6.07) is 13.7. The fourth-order valence-corrected chi connectivity index (χ4v) is 4.74. The van der Waals surface area contributed by atoms with Gasteiger partial charge in [-0.2, -0.15) is 0 Å². The number of amides is 2. The van der Waals surface area contributed by atoms with E-state index in [2.05, 4.69) is 10.2 Å². The van der Waals surface area contributed by atoms with E-state index in [1.807, 2.05) is 12.1 Å². The van der Waals surface area contributed by atoms with Gasteiger partial charge in [0.05, 0.1) is 7.11 Å². The minimum atomic E-state index is -0.585. The van der Waals surface area contributed by atoms with Gasteiger partial charge in [-0.3, -0.25) is 14.5 Å². The number of nitrogens with zero attached hydrogens (tertiary/aromatic N) is 2. The minimum absolute atomic E-state index is 0.153. The second kappa shape index (κ2) is 11.0. The fourth-order valence-electron chi connectivity index (χ4n) is 4.74. The highest BCUT2D eigenvalue weighted by molar-refractivity contribution is 5.98. The number of ether oxygens (including phenoxy) is 1. The molecule has 3 N–H and O–H groups in total. The third kappa shape index (κ3) is 5.74. The Morgan fingerprint density at radius 3 is 2.59 bits per heavy atom. The first-order valence-electron chi connectivity index (χ1n) is 11.9. The average molecular weight is 469 g/mol. The molecular weight excluding hydrogens is 435 g/mol. The molecule has 0 aromatic heterocycles. The molecule has 8 heteroatoms. The summed E-state index contributed by atoms with van der Waals surface area (Å²) in [5.74, 6) is -0.00233. The Kier molecular flexibility index (Phi) is 7.80. The van der Waals surface area contributed by atoms with E-state index < -0.39 is 6.04 Å². The van der Waals surface area contributed by atoms with Crippen molar-refractivity contribution in [2.45, 2.75) is 50.4 Å². The van der Waals surface area contributed by atoms with E-state index in [1.54, 1.807) is 36.3 Å². The standard InChI is InChI=1S/C26H33FN4O3/c1-34-23-4-2-3-19(15-23)26(33)30-14-11-22(16-24(30)25(32)29-13-12-28)31(21-9-10-21)17-18-5-7-20(27)8-6-18/h2-8,15,21-22,24H,9-14,16-17,28H2,1H3,(H,29,32)/t22?,24-/m1/s1. The molecule has 0 radical (unpaired) electrons. The lowest BCUT2D eigenvalue weighted by molar-refractivity contribution is -0.127. The maximum atomic E-state index is 13.4. The molecule has 1 aliphatic carbocycles. The van der Waals surface area contributed by atoms with Gasteiger partial charge in [-0.25, -0.2) is 4.39 Å². The Hall–Kier alpha value is -2.97. The summed E-state index contributed by atoms with van der Waals surface area (Å²) in [5.41, 5.74) is 7.15. The zero-order valence-corrected chi connectivity index (χ0v) is 19.6. The molecule has 0 bridgehead atoms. The molecular formula is C26H33FN4O3. The van der Waals surface area contributed by atoms with Gasteiger partial charge in [0.2, 0.25) is 5.91 Å². The van der Waals surface area contributed by atoms with E-state index in [9.17, 15) is 14.0 Å². The highest BCUT2D eigenvalue weighted by Crippen LogP contribution is 2.35. The number of benzene rings is 2. The van der Waals surface area contributed by atoms with E-state index in [0.717, 1.165) is 24.8 Å². The van der Waals surface area contributed by atoms with Crippen molar-refractivity contribution in [3.8, 4) is 5.75 Å². The van der Waals surface area contributed by atoms with Gasteiger partial charge in [0, 0.05) is 43.8 Å². The first-order valence-corrected chi connectivity index (χ1v) is 11.9. The summed E-state index contributed by atoms with van der Waals surface area (Å²) >= 11 is 0. The number of nitrogens with two attached hydrogens (primary N) is 1. The highest BCUT2D eigenvalue weighted by atomic mass is 19.1. The molecule has 34 heavy (non-hydrogen) atoms. The molecule has 2 aliphatic rings. The SMILES string of the molecule is COc1cccc(C(=O)N2CCC(N(Cc3ccc(F)cc3)C3CC3)C[C@@H]2C(=O)NCCN)c1. The number of halogens is 1. The number of methoxy groups -OCH3 is 1. The van der Waals surface area contributed by atoms with Crippen molar-refractivity contribution in [3.05, 3.63) is 65.5 Å². The number of nitrogens with one attached hydrogen (secondary N) is 1. The summed E-state index contributed by atoms with van der Waals surface area (Å²) < 4.78 is 18.7. The molecule has 1 unspecified atom stereocenters. The topological polar surface area (TPSA) is 87.9 Å². The van der Waals surface area contributed by atoms with Crippen LogP contribution in [0.15, 0.2) is 48.5 Å². The zero-order valence-electron chi connectivity index (χ0n) is 19.6. The van der Waals surface area contributed by atoms with E-state index in [1.165, 1.54) is 12.1 Å². The van der Waals surface area contributed by atoms with E-state index in [-0.39, 0.29) is 23.7 Å². The average Bonchev–Trinajstić information content (AvgIpc) is 3.71. The quantitative estimate of drug-likeness (QED) is 0.591. The summed E-state index contributed by atoms with van der Waals surface area (Å²) in [4.78, 5) is 30.7. The molecule has 1 saturated carbocycles. The Labute approximate surface area is 200 Å². The van der Waals surface area contributed by atoms with Gasteiger partial charge < -0.3 is 20.7 Å². The normalized spacial score (nSPS) is 20.3. The number of hydrogen-bond donors (Lipinski definition) is 2. The van der Waals surface area contributed by atoms with Crippen LogP contribution in [0.2, 0.25) is 0 Å². The van der Waals surface area contributed by atoms with Crippen LogP contribution < -0.4 is 15.8 Å².